The van der Waals surface area contributed by atoms with Crippen molar-refractivity contribution in [3.63, 3.8) is 0 Å². The SMILES string of the molecule is CCCOCC1CSC(C)=C(C)S1. The highest BCUT2D eigenvalue weighted by atomic mass is 32.2. The van der Waals surface area contributed by atoms with Crippen LogP contribution in [0, 0.1) is 0 Å². The van der Waals surface area contributed by atoms with Crippen LogP contribution in [0.3, 0.4) is 0 Å². The first kappa shape index (κ1) is 11.5. The minimum absolute atomic E-state index is 0.667. The fraction of sp³-hybridized carbons (Fsp3) is 0.800. The van der Waals surface area contributed by atoms with E-state index in [-0.39, 0.29) is 0 Å². The molecule has 0 aromatic carbocycles. The summed E-state index contributed by atoms with van der Waals surface area (Å²) in [4.78, 5) is 2.96. The molecule has 0 aromatic heterocycles. The summed E-state index contributed by atoms with van der Waals surface area (Å²) in [6.45, 7) is 8.38. The second-order valence-corrected chi connectivity index (χ2v) is 5.99. The van der Waals surface area contributed by atoms with E-state index in [2.05, 4.69) is 20.8 Å². The van der Waals surface area contributed by atoms with Gasteiger partial charge in [0.25, 0.3) is 0 Å². The van der Waals surface area contributed by atoms with Crippen molar-refractivity contribution in [2.45, 2.75) is 32.4 Å². The number of rotatable bonds is 4. The van der Waals surface area contributed by atoms with Crippen molar-refractivity contribution in [3.05, 3.63) is 9.81 Å². The second-order valence-electron chi connectivity index (χ2n) is 3.24. The van der Waals surface area contributed by atoms with E-state index < -0.39 is 0 Å². The monoisotopic (exact) mass is 218 g/mol. The van der Waals surface area contributed by atoms with Crippen molar-refractivity contribution in [2.75, 3.05) is 19.0 Å². The Hall–Kier alpha value is 0.400. The van der Waals surface area contributed by atoms with Crippen LogP contribution < -0.4 is 0 Å². The van der Waals surface area contributed by atoms with Crippen molar-refractivity contribution in [1.82, 2.24) is 0 Å². The van der Waals surface area contributed by atoms with Crippen molar-refractivity contribution >= 4 is 23.5 Å². The Bertz CT molecular complexity index is 189. The molecule has 0 aromatic rings. The molecule has 76 valence electrons. The van der Waals surface area contributed by atoms with Gasteiger partial charge in [-0.15, -0.1) is 23.5 Å². The lowest BCUT2D eigenvalue weighted by Crippen LogP contribution is -2.17. The zero-order valence-electron chi connectivity index (χ0n) is 8.63. The summed E-state index contributed by atoms with van der Waals surface area (Å²) >= 11 is 3.95. The van der Waals surface area contributed by atoms with Gasteiger partial charge in [0.15, 0.2) is 0 Å². The van der Waals surface area contributed by atoms with E-state index in [1.54, 1.807) is 0 Å². The fourth-order valence-corrected chi connectivity index (χ4v) is 3.49. The van der Waals surface area contributed by atoms with Gasteiger partial charge in [0.1, 0.15) is 0 Å². The zero-order valence-corrected chi connectivity index (χ0v) is 10.3. The summed E-state index contributed by atoms with van der Waals surface area (Å²) in [7, 11) is 0. The molecule has 1 unspecified atom stereocenters. The van der Waals surface area contributed by atoms with Gasteiger partial charge in [-0.05, 0) is 30.1 Å². The molecule has 0 aliphatic carbocycles. The predicted octanol–water partition coefficient (Wildman–Crippen LogP) is 3.51. The van der Waals surface area contributed by atoms with Crippen LogP contribution in [0.1, 0.15) is 27.2 Å². The maximum absolute atomic E-state index is 5.55. The molecule has 0 fully saturated rings. The van der Waals surface area contributed by atoms with Gasteiger partial charge in [0.2, 0.25) is 0 Å². The molecule has 1 nitrogen and oxygen atoms in total. The van der Waals surface area contributed by atoms with E-state index in [1.807, 2.05) is 23.5 Å². The highest BCUT2D eigenvalue weighted by Gasteiger charge is 2.17. The molecule has 0 saturated carbocycles. The number of thioether (sulfide) groups is 2. The van der Waals surface area contributed by atoms with Crippen LogP contribution in [0.15, 0.2) is 9.81 Å². The maximum atomic E-state index is 5.55. The Morgan fingerprint density at radius 3 is 2.77 bits per heavy atom. The van der Waals surface area contributed by atoms with Crippen molar-refractivity contribution < 1.29 is 4.74 Å². The summed E-state index contributed by atoms with van der Waals surface area (Å²) in [5.41, 5.74) is 0. The van der Waals surface area contributed by atoms with Crippen LogP contribution in [0.2, 0.25) is 0 Å². The Kier molecular flexibility index (Phi) is 5.29. The van der Waals surface area contributed by atoms with Gasteiger partial charge in [-0.25, -0.2) is 0 Å². The van der Waals surface area contributed by atoms with E-state index in [4.69, 9.17) is 4.74 Å². The molecule has 1 atom stereocenters. The summed E-state index contributed by atoms with van der Waals surface area (Å²) in [5, 5.41) is 0.667. The van der Waals surface area contributed by atoms with Crippen LogP contribution in [0.25, 0.3) is 0 Å². The Morgan fingerprint density at radius 1 is 1.38 bits per heavy atom. The largest absolute Gasteiger partial charge is 0.380 e. The summed E-state index contributed by atoms with van der Waals surface area (Å²) in [6, 6.07) is 0. The Morgan fingerprint density at radius 2 is 2.15 bits per heavy atom. The van der Waals surface area contributed by atoms with E-state index in [0.717, 1.165) is 19.6 Å². The van der Waals surface area contributed by atoms with Gasteiger partial charge >= 0.3 is 0 Å². The van der Waals surface area contributed by atoms with E-state index in [0.29, 0.717) is 5.25 Å². The molecular formula is C10H18OS2. The van der Waals surface area contributed by atoms with Gasteiger partial charge < -0.3 is 4.74 Å². The van der Waals surface area contributed by atoms with Crippen molar-refractivity contribution in [2.24, 2.45) is 0 Å². The third kappa shape index (κ3) is 3.96. The first-order valence-corrected chi connectivity index (χ1v) is 6.65. The quantitative estimate of drug-likeness (QED) is 0.668. The average molecular weight is 218 g/mol. The third-order valence-electron chi connectivity index (χ3n) is 1.98. The lowest BCUT2D eigenvalue weighted by Gasteiger charge is -2.22. The molecule has 3 heteroatoms. The van der Waals surface area contributed by atoms with Gasteiger partial charge in [0, 0.05) is 17.6 Å². The summed E-state index contributed by atoms with van der Waals surface area (Å²) in [6.07, 6.45) is 1.12. The first-order chi connectivity index (χ1) is 6.24. The standard InChI is InChI=1S/C10H18OS2/c1-4-5-11-6-10-7-12-8(2)9(3)13-10/h10H,4-7H2,1-3H3. The maximum Gasteiger partial charge on any atom is 0.0596 e. The van der Waals surface area contributed by atoms with Crippen LogP contribution in [-0.2, 0) is 4.74 Å². The molecular weight excluding hydrogens is 200 g/mol. The Labute approximate surface area is 89.7 Å². The number of hydrogen-bond donors (Lipinski definition) is 0. The minimum atomic E-state index is 0.667. The van der Waals surface area contributed by atoms with Gasteiger partial charge in [-0.3, -0.25) is 0 Å². The molecule has 0 saturated heterocycles. The smallest absolute Gasteiger partial charge is 0.0596 e. The average Bonchev–Trinajstić information content (AvgIpc) is 2.12. The third-order valence-corrected chi connectivity index (χ3v) is 4.92. The molecule has 1 aliphatic heterocycles. The molecule has 0 bridgehead atoms. The number of allylic oxidation sites excluding steroid dienone is 2. The second kappa shape index (κ2) is 5.99. The molecule has 0 amide bonds. The van der Waals surface area contributed by atoms with Gasteiger partial charge in [-0.1, -0.05) is 6.92 Å². The molecule has 1 aliphatic rings. The normalized spacial score (nSPS) is 23.8. The highest BCUT2D eigenvalue weighted by Crippen LogP contribution is 2.37. The lowest BCUT2D eigenvalue weighted by molar-refractivity contribution is 0.139. The molecule has 13 heavy (non-hydrogen) atoms. The van der Waals surface area contributed by atoms with Crippen LogP contribution >= 0.6 is 23.5 Å². The first-order valence-electron chi connectivity index (χ1n) is 4.78. The van der Waals surface area contributed by atoms with Crippen LogP contribution in [0.5, 0.6) is 0 Å². The van der Waals surface area contributed by atoms with E-state index in [9.17, 15) is 0 Å². The minimum Gasteiger partial charge on any atom is -0.380 e. The molecule has 1 rings (SSSR count). The molecule has 0 radical (unpaired) electrons. The van der Waals surface area contributed by atoms with Crippen molar-refractivity contribution in [1.29, 1.82) is 0 Å². The summed E-state index contributed by atoms with van der Waals surface area (Å²) in [5.74, 6) is 1.21. The van der Waals surface area contributed by atoms with Gasteiger partial charge in [0.05, 0.1) is 6.61 Å². The van der Waals surface area contributed by atoms with E-state index in [1.165, 1.54) is 15.6 Å². The van der Waals surface area contributed by atoms with Crippen LogP contribution in [-0.4, -0.2) is 24.2 Å². The van der Waals surface area contributed by atoms with Crippen molar-refractivity contribution in [3.8, 4) is 0 Å². The Balaban J connectivity index is 2.24. The molecule has 1 heterocycles. The number of ether oxygens (including phenoxy) is 1. The number of hydrogen-bond acceptors (Lipinski definition) is 3. The van der Waals surface area contributed by atoms with E-state index >= 15 is 0 Å². The lowest BCUT2D eigenvalue weighted by atomic mass is 10.5. The molecule has 0 spiro atoms. The fourth-order valence-electron chi connectivity index (χ4n) is 1.13. The highest BCUT2D eigenvalue weighted by molar-refractivity contribution is 8.10. The zero-order chi connectivity index (χ0) is 9.68. The molecule has 0 N–H and O–H groups in total. The summed E-state index contributed by atoms with van der Waals surface area (Å²) < 4.78 is 5.55. The predicted molar refractivity (Wildman–Crippen MR) is 63.3 cm³/mol. The van der Waals surface area contributed by atoms with Gasteiger partial charge in [-0.2, -0.15) is 0 Å². The van der Waals surface area contributed by atoms with Crippen LogP contribution in [0.4, 0.5) is 0 Å². The topological polar surface area (TPSA) is 9.23 Å².